The summed E-state index contributed by atoms with van der Waals surface area (Å²) in [4.78, 5) is 46.5. The van der Waals surface area contributed by atoms with Gasteiger partial charge in [0.25, 0.3) is 0 Å². The average Bonchev–Trinajstić information content (AvgIpc) is 3.74. The first-order valence-electron chi connectivity index (χ1n) is 18.2. The Morgan fingerprint density at radius 1 is 0.667 bits per heavy atom. The Bertz CT molecular complexity index is 1800. The first kappa shape index (κ1) is 36.0. The van der Waals surface area contributed by atoms with E-state index in [1.54, 1.807) is 32.6 Å². The van der Waals surface area contributed by atoms with Crippen molar-refractivity contribution in [2.45, 2.75) is 57.9 Å². The lowest BCUT2D eigenvalue weighted by molar-refractivity contribution is 0.0975. The molecule has 8 heterocycles. The number of carbonyl (C=O) groups is 3. The molecule has 8 rings (SSSR count). The van der Waals surface area contributed by atoms with Crippen LogP contribution in [0.2, 0.25) is 0 Å². The van der Waals surface area contributed by atoms with Gasteiger partial charge in [-0.05, 0) is 75.9 Å². The minimum absolute atomic E-state index is 0.195. The molecule has 4 aliphatic heterocycles. The molecule has 14 heteroatoms. The van der Waals surface area contributed by atoms with Gasteiger partial charge >= 0.3 is 0 Å². The van der Waals surface area contributed by atoms with Gasteiger partial charge in [0.2, 0.25) is 0 Å². The average molecular weight is 698 g/mol. The van der Waals surface area contributed by atoms with E-state index in [0.29, 0.717) is 19.3 Å². The summed E-state index contributed by atoms with van der Waals surface area (Å²) < 4.78 is 5.16. The quantitative estimate of drug-likeness (QED) is 0.329. The van der Waals surface area contributed by atoms with E-state index in [1.165, 1.54) is 31.5 Å². The summed E-state index contributed by atoms with van der Waals surface area (Å²) in [6, 6.07) is 3.99. The number of anilines is 3. The summed E-state index contributed by atoms with van der Waals surface area (Å²) in [6.45, 7) is 6.85. The summed E-state index contributed by atoms with van der Waals surface area (Å²) in [5, 5.41) is 16.3. The SMILES string of the molecule is CN1CCC(CN2CCCC(=O)c3cn(C)nc32)CC1.Cn1cc2c(n1)N(Cc1ccncc1)CCCC2=O.Cn1cc2c(n1)NCCCC2=O. The Hall–Kier alpha value is -4.85. The molecular formula is C37H51N11O3. The lowest BCUT2D eigenvalue weighted by atomic mass is 9.96. The minimum atomic E-state index is 0.195. The zero-order chi connectivity index (χ0) is 35.9. The van der Waals surface area contributed by atoms with Gasteiger partial charge in [-0.3, -0.25) is 33.4 Å². The second-order valence-corrected chi connectivity index (χ2v) is 14.1. The summed E-state index contributed by atoms with van der Waals surface area (Å²) in [5.74, 6) is 3.83. The maximum atomic E-state index is 12.1. The highest BCUT2D eigenvalue weighted by molar-refractivity contribution is 6.02. The topological polar surface area (TPSA) is 139 Å². The molecule has 14 nitrogen and oxygen atoms in total. The first-order valence-corrected chi connectivity index (χ1v) is 18.2. The third-order valence-corrected chi connectivity index (χ3v) is 9.92. The van der Waals surface area contributed by atoms with Crippen LogP contribution in [-0.4, -0.2) is 103 Å². The number of aryl methyl sites for hydroxylation is 3. The predicted octanol–water partition coefficient (Wildman–Crippen LogP) is 4.15. The molecule has 1 fully saturated rings. The van der Waals surface area contributed by atoms with Crippen molar-refractivity contribution in [1.82, 2.24) is 39.2 Å². The third-order valence-electron chi connectivity index (χ3n) is 9.92. The number of nitrogens with one attached hydrogen (secondary N) is 1. The molecule has 1 N–H and O–H groups in total. The summed E-state index contributed by atoms with van der Waals surface area (Å²) in [5.41, 5.74) is 3.47. The van der Waals surface area contributed by atoms with Gasteiger partial charge in [-0.25, -0.2) is 0 Å². The van der Waals surface area contributed by atoms with Gasteiger partial charge in [-0.15, -0.1) is 0 Å². The van der Waals surface area contributed by atoms with Crippen LogP contribution in [0, 0.1) is 5.92 Å². The highest BCUT2D eigenvalue weighted by atomic mass is 16.1. The van der Waals surface area contributed by atoms with Gasteiger partial charge in [-0.2, -0.15) is 15.3 Å². The molecule has 0 amide bonds. The number of likely N-dealkylation sites (tertiary alicyclic amines) is 1. The van der Waals surface area contributed by atoms with Crippen molar-refractivity contribution in [2.24, 2.45) is 27.1 Å². The largest absolute Gasteiger partial charge is 0.368 e. The van der Waals surface area contributed by atoms with E-state index < -0.39 is 0 Å². The number of carbonyl (C=O) groups excluding carboxylic acids is 3. The number of nitrogens with zero attached hydrogens (tertiary/aromatic N) is 10. The molecule has 0 saturated carbocycles. The van der Waals surface area contributed by atoms with Crippen molar-refractivity contribution in [2.75, 3.05) is 61.4 Å². The van der Waals surface area contributed by atoms with Crippen LogP contribution in [0.25, 0.3) is 0 Å². The number of ketones is 3. The normalized spacial score (nSPS) is 18.2. The molecule has 51 heavy (non-hydrogen) atoms. The van der Waals surface area contributed by atoms with Gasteiger partial charge in [-0.1, -0.05) is 0 Å². The van der Waals surface area contributed by atoms with Crippen LogP contribution in [0.4, 0.5) is 17.5 Å². The second kappa shape index (κ2) is 16.4. The van der Waals surface area contributed by atoms with Crippen LogP contribution in [0.15, 0.2) is 43.1 Å². The highest BCUT2D eigenvalue weighted by Gasteiger charge is 2.28. The molecule has 4 aromatic rings. The lowest BCUT2D eigenvalue weighted by Crippen LogP contribution is -2.37. The van der Waals surface area contributed by atoms with E-state index in [4.69, 9.17) is 0 Å². The molecule has 0 spiro atoms. The molecule has 1 saturated heterocycles. The molecular weight excluding hydrogens is 646 g/mol. The van der Waals surface area contributed by atoms with Crippen molar-refractivity contribution in [1.29, 1.82) is 0 Å². The Morgan fingerprint density at radius 3 is 1.84 bits per heavy atom. The van der Waals surface area contributed by atoms with Crippen LogP contribution in [0.5, 0.6) is 0 Å². The van der Waals surface area contributed by atoms with Crippen molar-refractivity contribution in [3.05, 3.63) is 65.4 Å². The number of Topliss-reactive ketones (excluding diaryl/α,β-unsaturated/α-hetero) is 3. The predicted molar refractivity (Wildman–Crippen MR) is 197 cm³/mol. The molecule has 4 aromatic heterocycles. The van der Waals surface area contributed by atoms with Crippen molar-refractivity contribution in [3.8, 4) is 0 Å². The first-order chi connectivity index (χ1) is 24.6. The summed E-state index contributed by atoms with van der Waals surface area (Å²) in [7, 11) is 7.77. The van der Waals surface area contributed by atoms with E-state index in [-0.39, 0.29) is 17.3 Å². The van der Waals surface area contributed by atoms with E-state index in [9.17, 15) is 14.4 Å². The maximum absolute atomic E-state index is 12.1. The van der Waals surface area contributed by atoms with E-state index in [2.05, 4.69) is 47.3 Å². The molecule has 0 unspecified atom stereocenters. The number of pyridine rings is 1. The van der Waals surface area contributed by atoms with Crippen LogP contribution in [0.1, 0.15) is 88.0 Å². The van der Waals surface area contributed by atoms with Crippen molar-refractivity contribution < 1.29 is 14.4 Å². The Morgan fingerprint density at radius 2 is 1.20 bits per heavy atom. The zero-order valence-electron chi connectivity index (χ0n) is 30.4. The molecule has 0 aliphatic carbocycles. The fourth-order valence-electron chi connectivity index (χ4n) is 7.17. The van der Waals surface area contributed by atoms with Crippen LogP contribution >= 0.6 is 0 Å². The van der Waals surface area contributed by atoms with E-state index >= 15 is 0 Å². The molecule has 0 bridgehead atoms. The number of rotatable bonds is 4. The maximum Gasteiger partial charge on any atom is 0.168 e. The molecule has 0 aromatic carbocycles. The second-order valence-electron chi connectivity index (χ2n) is 14.1. The number of piperidine rings is 1. The van der Waals surface area contributed by atoms with Crippen molar-refractivity contribution >= 4 is 34.8 Å². The number of fused-ring (bicyclic) bond motifs is 3. The van der Waals surface area contributed by atoms with Gasteiger partial charge in [0.15, 0.2) is 34.8 Å². The lowest BCUT2D eigenvalue weighted by Gasteiger charge is -2.33. The standard InChI is InChI=1S/C15H24N4O.C14H16N4O.C8H11N3O/c1-17-8-5-12(6-9-17)10-19-7-3-4-14(20)13-11-18(2)16-15(13)19;1-17-10-12-13(19)3-2-8-18(14(12)16-17)9-11-4-6-15-7-5-11;1-11-5-6-7(12)3-2-4-9-8(6)10-11/h11-12H,3-10H2,1-2H3;4-7,10H,2-3,8-9H2,1H3;5H,2-4H2,1H3,(H,9,10). The zero-order valence-corrected chi connectivity index (χ0v) is 30.4. The summed E-state index contributed by atoms with van der Waals surface area (Å²) in [6.07, 6.45) is 16.2. The molecule has 272 valence electrons. The Labute approximate surface area is 299 Å². The third kappa shape index (κ3) is 9.09. The Kier molecular flexibility index (Phi) is 11.6. The fraction of sp³-hybridized carbons (Fsp3) is 0.541. The number of hydrogen-bond acceptors (Lipinski definition) is 11. The van der Waals surface area contributed by atoms with Crippen LogP contribution in [0.3, 0.4) is 0 Å². The van der Waals surface area contributed by atoms with Gasteiger partial charge in [0, 0.05) is 104 Å². The van der Waals surface area contributed by atoms with Crippen LogP contribution < -0.4 is 15.1 Å². The van der Waals surface area contributed by atoms with Gasteiger partial charge in [0.1, 0.15) is 0 Å². The monoisotopic (exact) mass is 697 g/mol. The van der Waals surface area contributed by atoms with Crippen molar-refractivity contribution in [3.63, 3.8) is 0 Å². The smallest absolute Gasteiger partial charge is 0.168 e. The molecule has 0 radical (unpaired) electrons. The Balaban J connectivity index is 0.000000136. The van der Waals surface area contributed by atoms with Gasteiger partial charge < -0.3 is 20.0 Å². The number of hydrogen-bond donors (Lipinski definition) is 1. The fourth-order valence-corrected chi connectivity index (χ4v) is 7.17. The molecule has 4 aliphatic rings. The highest BCUT2D eigenvalue weighted by Crippen LogP contribution is 2.28. The molecule has 0 atom stereocenters. The minimum Gasteiger partial charge on any atom is -0.368 e. The number of aromatic nitrogens is 7. The summed E-state index contributed by atoms with van der Waals surface area (Å²) >= 11 is 0. The van der Waals surface area contributed by atoms with Gasteiger partial charge in [0.05, 0.1) is 16.7 Å². The van der Waals surface area contributed by atoms with E-state index in [1.807, 2.05) is 45.7 Å². The van der Waals surface area contributed by atoms with Crippen LogP contribution in [-0.2, 0) is 27.7 Å². The van der Waals surface area contributed by atoms with E-state index in [0.717, 1.165) is 92.0 Å².